The molecular formula is C24H23Cl2F3N4O. The van der Waals surface area contributed by atoms with Crippen LogP contribution in [0.5, 0.6) is 0 Å². The Balaban J connectivity index is 1.66. The summed E-state index contributed by atoms with van der Waals surface area (Å²) in [5.41, 5.74) is 1.25. The lowest BCUT2D eigenvalue weighted by atomic mass is 9.91. The highest BCUT2D eigenvalue weighted by Crippen LogP contribution is 2.39. The van der Waals surface area contributed by atoms with E-state index in [1.54, 1.807) is 10.9 Å². The van der Waals surface area contributed by atoms with Crippen LogP contribution < -0.4 is 10.6 Å². The number of rotatable bonds is 5. The van der Waals surface area contributed by atoms with E-state index in [9.17, 15) is 18.0 Å². The van der Waals surface area contributed by atoms with E-state index in [-0.39, 0.29) is 16.6 Å². The van der Waals surface area contributed by atoms with Crippen molar-refractivity contribution in [3.63, 3.8) is 0 Å². The maximum Gasteiger partial charge on any atom is 0.417 e. The van der Waals surface area contributed by atoms with Gasteiger partial charge in [-0.05, 0) is 42.6 Å². The molecule has 5 nitrogen and oxygen atoms in total. The molecule has 4 rings (SSSR count). The summed E-state index contributed by atoms with van der Waals surface area (Å²) in [6, 6.07) is 8.90. The van der Waals surface area contributed by atoms with Crippen LogP contribution in [0.2, 0.25) is 10.0 Å². The van der Waals surface area contributed by atoms with Crippen LogP contribution in [0, 0.1) is 0 Å². The van der Waals surface area contributed by atoms with Crippen molar-refractivity contribution in [2.24, 2.45) is 7.05 Å². The molecule has 0 aliphatic carbocycles. The van der Waals surface area contributed by atoms with Crippen LogP contribution in [0.15, 0.2) is 48.8 Å². The summed E-state index contributed by atoms with van der Waals surface area (Å²) in [4.78, 5) is 13.2. The summed E-state index contributed by atoms with van der Waals surface area (Å²) in [7, 11) is 1.84. The van der Waals surface area contributed by atoms with E-state index in [0.717, 1.165) is 54.6 Å². The summed E-state index contributed by atoms with van der Waals surface area (Å²) in [5.74, 6) is -0.755. The number of hydrogen-bond acceptors (Lipinski definition) is 3. The average molecular weight is 511 g/mol. The van der Waals surface area contributed by atoms with E-state index >= 15 is 0 Å². The molecule has 1 amide bonds. The van der Waals surface area contributed by atoms with Crippen molar-refractivity contribution in [2.75, 3.05) is 6.54 Å². The first-order valence-electron chi connectivity index (χ1n) is 10.8. The highest BCUT2D eigenvalue weighted by molar-refractivity contribution is 6.40. The van der Waals surface area contributed by atoms with E-state index in [2.05, 4.69) is 15.7 Å². The molecule has 0 unspecified atom stereocenters. The average Bonchev–Trinajstić information content (AvgIpc) is 3.23. The van der Waals surface area contributed by atoms with Crippen molar-refractivity contribution in [3.05, 3.63) is 75.5 Å². The third-order valence-corrected chi connectivity index (χ3v) is 6.68. The van der Waals surface area contributed by atoms with Crippen molar-refractivity contribution in [1.29, 1.82) is 0 Å². The second-order valence-electron chi connectivity index (χ2n) is 8.31. The molecule has 10 heteroatoms. The molecule has 2 N–H and O–H groups in total. The molecule has 1 aromatic heterocycles. The van der Waals surface area contributed by atoms with Gasteiger partial charge in [0.2, 0.25) is 0 Å². The van der Waals surface area contributed by atoms with Crippen LogP contribution in [0.4, 0.5) is 13.2 Å². The fourth-order valence-corrected chi connectivity index (χ4v) is 4.88. The first-order valence-corrected chi connectivity index (χ1v) is 11.6. The summed E-state index contributed by atoms with van der Waals surface area (Å²) in [6.07, 6.45) is 1.75. The fraction of sp³-hybridized carbons (Fsp3) is 0.333. The van der Waals surface area contributed by atoms with Gasteiger partial charge in [0.25, 0.3) is 5.91 Å². The zero-order valence-electron chi connectivity index (χ0n) is 18.3. The number of hydrogen-bond donors (Lipinski definition) is 2. The third kappa shape index (κ3) is 5.24. The third-order valence-electron chi connectivity index (χ3n) is 5.97. The molecule has 1 saturated heterocycles. The van der Waals surface area contributed by atoms with Crippen molar-refractivity contribution >= 4 is 29.1 Å². The smallest absolute Gasteiger partial charge is 0.344 e. The number of carbonyl (C=O) groups excluding carboxylic acids is 1. The lowest BCUT2D eigenvalue weighted by molar-refractivity contribution is -0.137. The lowest BCUT2D eigenvalue weighted by Gasteiger charge is -2.32. The van der Waals surface area contributed by atoms with E-state index in [4.69, 9.17) is 23.2 Å². The van der Waals surface area contributed by atoms with Gasteiger partial charge in [-0.15, -0.1) is 0 Å². The van der Waals surface area contributed by atoms with E-state index in [1.807, 2.05) is 37.5 Å². The quantitative estimate of drug-likeness (QED) is 0.440. The molecule has 1 aliphatic rings. The van der Waals surface area contributed by atoms with E-state index < -0.39 is 28.7 Å². The summed E-state index contributed by atoms with van der Waals surface area (Å²) in [6.45, 7) is 0.788. The van der Waals surface area contributed by atoms with Gasteiger partial charge >= 0.3 is 6.18 Å². The predicted octanol–water partition coefficient (Wildman–Crippen LogP) is 6.03. The maximum atomic E-state index is 13.3. The minimum absolute atomic E-state index is 0.0923. The monoisotopic (exact) mass is 510 g/mol. The Morgan fingerprint density at radius 3 is 2.47 bits per heavy atom. The maximum absolute atomic E-state index is 13.3. The molecule has 0 bridgehead atoms. The molecule has 34 heavy (non-hydrogen) atoms. The van der Waals surface area contributed by atoms with Crippen LogP contribution in [0.3, 0.4) is 0 Å². The molecular weight excluding hydrogens is 488 g/mol. The van der Waals surface area contributed by atoms with Gasteiger partial charge in [0.05, 0.1) is 33.4 Å². The Hall–Kier alpha value is -2.55. The molecule has 3 aromatic rings. The number of nitrogens with one attached hydrogen (secondary N) is 2. The molecule has 0 radical (unpaired) electrons. The zero-order chi connectivity index (χ0) is 24.5. The predicted molar refractivity (Wildman–Crippen MR) is 126 cm³/mol. The Morgan fingerprint density at radius 1 is 1.15 bits per heavy atom. The molecule has 2 atom stereocenters. The Morgan fingerprint density at radius 2 is 1.88 bits per heavy atom. The number of halogens is 5. The van der Waals surface area contributed by atoms with Gasteiger partial charge in [-0.2, -0.15) is 18.3 Å². The number of nitrogens with zero attached hydrogens (tertiary/aromatic N) is 2. The van der Waals surface area contributed by atoms with E-state index in [1.165, 1.54) is 0 Å². The Kier molecular flexibility index (Phi) is 7.21. The Labute approximate surface area is 205 Å². The Bertz CT molecular complexity index is 1170. The number of aromatic nitrogens is 2. The SMILES string of the molecule is Cn1cc(-c2ccc([C@H](NC(=O)c3c(Cl)ccc(C(F)(F)F)c3Cl)[C@@H]3CCCCN3)cc2)cn1. The normalized spacial score (nSPS) is 17.4. The first-order chi connectivity index (χ1) is 16.1. The second kappa shape index (κ2) is 9.98. The summed E-state index contributed by atoms with van der Waals surface area (Å²) in [5, 5.41) is 9.64. The van der Waals surface area contributed by atoms with Gasteiger partial charge in [-0.3, -0.25) is 9.48 Å². The van der Waals surface area contributed by atoms with Crippen molar-refractivity contribution in [3.8, 4) is 11.1 Å². The standard InChI is InChI=1S/C24H23Cl2F3N4O/c1-33-13-16(12-31-33)14-5-7-15(8-6-14)22(19-4-2-3-11-30-19)32-23(34)20-18(25)10-9-17(21(20)26)24(27,28)29/h5-10,12-13,19,22,30H,2-4,11H2,1H3,(H,32,34)/t19-,22-/m0/s1. The number of amides is 1. The number of alkyl halides is 3. The van der Waals surface area contributed by atoms with Crippen LogP contribution >= 0.6 is 23.2 Å². The number of carbonyl (C=O) groups is 1. The summed E-state index contributed by atoms with van der Waals surface area (Å²) >= 11 is 12.1. The molecule has 1 aliphatic heterocycles. The second-order valence-corrected chi connectivity index (χ2v) is 9.10. The number of benzene rings is 2. The van der Waals surface area contributed by atoms with Crippen LogP contribution in [-0.2, 0) is 13.2 Å². The number of piperidine rings is 1. The van der Waals surface area contributed by atoms with Crippen molar-refractivity contribution in [2.45, 2.75) is 37.5 Å². The largest absolute Gasteiger partial charge is 0.417 e. The molecule has 1 fully saturated rings. The van der Waals surface area contributed by atoms with Crippen LogP contribution in [0.25, 0.3) is 11.1 Å². The topological polar surface area (TPSA) is 59.0 Å². The van der Waals surface area contributed by atoms with Gasteiger partial charge in [0.1, 0.15) is 0 Å². The number of aryl methyl sites for hydroxylation is 1. The van der Waals surface area contributed by atoms with Crippen molar-refractivity contribution < 1.29 is 18.0 Å². The molecule has 2 heterocycles. The highest BCUT2D eigenvalue weighted by Gasteiger charge is 2.36. The summed E-state index contributed by atoms with van der Waals surface area (Å²) < 4.78 is 41.7. The van der Waals surface area contributed by atoms with Gasteiger partial charge < -0.3 is 10.6 Å². The molecule has 0 spiro atoms. The van der Waals surface area contributed by atoms with Crippen LogP contribution in [-0.4, -0.2) is 28.3 Å². The van der Waals surface area contributed by atoms with Gasteiger partial charge in [-0.25, -0.2) is 0 Å². The van der Waals surface area contributed by atoms with Gasteiger partial charge in [0, 0.05) is 24.8 Å². The van der Waals surface area contributed by atoms with Gasteiger partial charge in [-0.1, -0.05) is 53.9 Å². The molecule has 2 aromatic carbocycles. The molecule has 0 saturated carbocycles. The minimum Gasteiger partial charge on any atom is -0.344 e. The highest BCUT2D eigenvalue weighted by atomic mass is 35.5. The fourth-order valence-electron chi connectivity index (χ4n) is 4.23. The van der Waals surface area contributed by atoms with E-state index in [0.29, 0.717) is 0 Å². The molecule has 180 valence electrons. The zero-order valence-corrected chi connectivity index (χ0v) is 19.8. The minimum atomic E-state index is -4.71. The van der Waals surface area contributed by atoms with Crippen molar-refractivity contribution in [1.82, 2.24) is 20.4 Å². The van der Waals surface area contributed by atoms with Crippen LogP contribution in [0.1, 0.15) is 46.8 Å². The first kappa shape index (κ1) is 24.6. The van der Waals surface area contributed by atoms with Gasteiger partial charge in [0.15, 0.2) is 0 Å². The lowest BCUT2D eigenvalue weighted by Crippen LogP contribution is -2.46.